The van der Waals surface area contributed by atoms with Crippen molar-refractivity contribution in [1.29, 1.82) is 0 Å². The van der Waals surface area contributed by atoms with Crippen LogP contribution in [0.5, 0.6) is 11.5 Å². The number of benzene rings is 2. The lowest BCUT2D eigenvalue weighted by atomic mass is 9.97. The number of hydrogen-bond donors (Lipinski definition) is 1. The van der Waals surface area contributed by atoms with Crippen LogP contribution >= 0.6 is 0 Å². The van der Waals surface area contributed by atoms with E-state index in [4.69, 9.17) is 4.74 Å². The van der Waals surface area contributed by atoms with E-state index in [2.05, 4.69) is 43.5 Å². The quantitative estimate of drug-likeness (QED) is 0.866. The number of aryl methyl sites for hydroxylation is 1. The maximum absolute atomic E-state index is 9.73. The van der Waals surface area contributed by atoms with Crippen molar-refractivity contribution in [3.8, 4) is 11.5 Å². The van der Waals surface area contributed by atoms with Gasteiger partial charge in [-0.2, -0.15) is 0 Å². The van der Waals surface area contributed by atoms with Crippen LogP contribution in [-0.2, 0) is 6.42 Å². The SMILES string of the molecule is C=CCN1CC(Cc2cccc(C)c2C)Oc2ccc(O)cc21. The van der Waals surface area contributed by atoms with Gasteiger partial charge in [-0.05, 0) is 42.7 Å². The van der Waals surface area contributed by atoms with Crippen molar-refractivity contribution < 1.29 is 9.84 Å². The molecule has 0 aromatic heterocycles. The van der Waals surface area contributed by atoms with Crippen molar-refractivity contribution in [3.63, 3.8) is 0 Å². The molecule has 3 nitrogen and oxygen atoms in total. The number of phenolic OH excluding ortho intramolecular Hbond substituents is 1. The van der Waals surface area contributed by atoms with Crippen LogP contribution in [0.25, 0.3) is 0 Å². The van der Waals surface area contributed by atoms with Gasteiger partial charge in [0, 0.05) is 19.0 Å². The summed E-state index contributed by atoms with van der Waals surface area (Å²) in [5.74, 6) is 1.08. The van der Waals surface area contributed by atoms with Crippen LogP contribution in [0.3, 0.4) is 0 Å². The molecule has 0 amide bonds. The van der Waals surface area contributed by atoms with Crippen molar-refractivity contribution >= 4 is 5.69 Å². The number of phenols is 1. The lowest BCUT2D eigenvalue weighted by Gasteiger charge is -2.36. The van der Waals surface area contributed by atoms with Crippen molar-refractivity contribution in [2.75, 3.05) is 18.0 Å². The second kappa shape index (κ2) is 6.37. The van der Waals surface area contributed by atoms with E-state index in [1.165, 1.54) is 16.7 Å². The molecule has 0 saturated heterocycles. The molecule has 1 N–H and O–H groups in total. The van der Waals surface area contributed by atoms with E-state index in [1.54, 1.807) is 12.1 Å². The summed E-state index contributed by atoms with van der Waals surface area (Å²) < 4.78 is 6.18. The first kappa shape index (κ1) is 15.5. The molecule has 3 heteroatoms. The Morgan fingerprint density at radius 1 is 1.30 bits per heavy atom. The molecule has 23 heavy (non-hydrogen) atoms. The number of ether oxygens (including phenoxy) is 1. The number of anilines is 1. The smallest absolute Gasteiger partial charge is 0.143 e. The van der Waals surface area contributed by atoms with Gasteiger partial charge in [-0.3, -0.25) is 0 Å². The fourth-order valence-corrected chi connectivity index (χ4v) is 3.13. The predicted octanol–water partition coefficient (Wildman–Crippen LogP) is 4.01. The van der Waals surface area contributed by atoms with Crippen molar-refractivity contribution in [2.24, 2.45) is 0 Å². The summed E-state index contributed by atoms with van der Waals surface area (Å²) in [4.78, 5) is 2.21. The molecule has 0 spiro atoms. The van der Waals surface area contributed by atoms with E-state index in [0.717, 1.165) is 30.9 Å². The van der Waals surface area contributed by atoms with Crippen LogP contribution in [0.4, 0.5) is 5.69 Å². The van der Waals surface area contributed by atoms with Crippen LogP contribution in [0.1, 0.15) is 16.7 Å². The summed E-state index contributed by atoms with van der Waals surface area (Å²) in [6.07, 6.45) is 2.85. The van der Waals surface area contributed by atoms with Gasteiger partial charge in [0.2, 0.25) is 0 Å². The molecular weight excluding hydrogens is 286 g/mol. The highest BCUT2D eigenvalue weighted by Crippen LogP contribution is 2.36. The van der Waals surface area contributed by atoms with E-state index in [9.17, 15) is 5.11 Å². The molecular formula is C20H23NO2. The Labute approximate surface area is 137 Å². The Balaban J connectivity index is 1.86. The van der Waals surface area contributed by atoms with Gasteiger partial charge < -0.3 is 14.7 Å². The van der Waals surface area contributed by atoms with Crippen LogP contribution in [0.15, 0.2) is 49.1 Å². The third-order valence-electron chi connectivity index (χ3n) is 4.51. The molecule has 0 saturated carbocycles. The van der Waals surface area contributed by atoms with Crippen LogP contribution in [0, 0.1) is 13.8 Å². The number of nitrogens with zero attached hydrogens (tertiary/aromatic N) is 1. The standard InChI is InChI=1S/C20H23NO2/c1-4-10-21-13-18(11-16-7-5-6-14(2)15(16)3)23-20-9-8-17(22)12-19(20)21/h4-9,12,18,22H,1,10-11,13H2,2-3H3. The minimum atomic E-state index is 0.0903. The van der Waals surface area contributed by atoms with Crippen LogP contribution < -0.4 is 9.64 Å². The third kappa shape index (κ3) is 3.19. The zero-order valence-corrected chi connectivity index (χ0v) is 13.7. The topological polar surface area (TPSA) is 32.7 Å². The molecule has 2 aromatic carbocycles. The third-order valence-corrected chi connectivity index (χ3v) is 4.51. The predicted molar refractivity (Wildman–Crippen MR) is 94.6 cm³/mol. The fraction of sp³-hybridized carbons (Fsp3) is 0.300. The second-order valence-corrected chi connectivity index (χ2v) is 6.15. The summed E-state index contributed by atoms with van der Waals surface area (Å²) in [6.45, 7) is 9.68. The molecule has 1 unspecified atom stereocenters. The minimum Gasteiger partial charge on any atom is -0.508 e. The fourth-order valence-electron chi connectivity index (χ4n) is 3.13. The summed E-state index contributed by atoms with van der Waals surface area (Å²) in [7, 11) is 0. The van der Waals surface area contributed by atoms with Gasteiger partial charge in [0.15, 0.2) is 0 Å². The van der Waals surface area contributed by atoms with Gasteiger partial charge in [0.05, 0.1) is 12.2 Å². The highest BCUT2D eigenvalue weighted by molar-refractivity contribution is 5.63. The lowest BCUT2D eigenvalue weighted by molar-refractivity contribution is 0.194. The zero-order valence-electron chi connectivity index (χ0n) is 13.7. The molecule has 1 aliphatic rings. The average molecular weight is 309 g/mol. The maximum atomic E-state index is 9.73. The van der Waals surface area contributed by atoms with Gasteiger partial charge in [-0.25, -0.2) is 0 Å². The molecule has 0 bridgehead atoms. The monoisotopic (exact) mass is 309 g/mol. The first-order chi connectivity index (χ1) is 11.1. The Bertz CT molecular complexity index is 724. The van der Waals surface area contributed by atoms with Gasteiger partial charge in [-0.15, -0.1) is 6.58 Å². The molecule has 120 valence electrons. The lowest BCUT2D eigenvalue weighted by Crippen LogP contribution is -2.41. The van der Waals surface area contributed by atoms with Crippen LogP contribution in [0.2, 0.25) is 0 Å². The highest BCUT2D eigenvalue weighted by atomic mass is 16.5. The Morgan fingerprint density at radius 3 is 2.91 bits per heavy atom. The number of hydrogen-bond acceptors (Lipinski definition) is 3. The van der Waals surface area contributed by atoms with Gasteiger partial charge >= 0.3 is 0 Å². The molecule has 1 aliphatic heterocycles. The number of fused-ring (bicyclic) bond motifs is 1. The van der Waals surface area contributed by atoms with E-state index in [1.807, 2.05) is 12.1 Å². The van der Waals surface area contributed by atoms with E-state index < -0.39 is 0 Å². The van der Waals surface area contributed by atoms with E-state index in [-0.39, 0.29) is 11.9 Å². The average Bonchev–Trinajstić information content (AvgIpc) is 2.53. The van der Waals surface area contributed by atoms with Crippen molar-refractivity contribution in [2.45, 2.75) is 26.4 Å². The maximum Gasteiger partial charge on any atom is 0.143 e. The van der Waals surface area contributed by atoms with Crippen molar-refractivity contribution in [3.05, 3.63) is 65.7 Å². The first-order valence-electron chi connectivity index (χ1n) is 7.99. The molecule has 0 fully saturated rings. The highest BCUT2D eigenvalue weighted by Gasteiger charge is 2.26. The second-order valence-electron chi connectivity index (χ2n) is 6.15. The Kier molecular flexibility index (Phi) is 4.28. The largest absolute Gasteiger partial charge is 0.508 e. The van der Waals surface area contributed by atoms with Gasteiger partial charge in [-0.1, -0.05) is 24.3 Å². The molecule has 0 aliphatic carbocycles. The molecule has 1 atom stereocenters. The first-order valence-corrected chi connectivity index (χ1v) is 7.99. The Morgan fingerprint density at radius 2 is 2.13 bits per heavy atom. The summed E-state index contributed by atoms with van der Waals surface area (Å²) in [6, 6.07) is 11.7. The van der Waals surface area contributed by atoms with E-state index >= 15 is 0 Å². The van der Waals surface area contributed by atoms with Crippen LogP contribution in [-0.4, -0.2) is 24.3 Å². The number of rotatable bonds is 4. The summed E-state index contributed by atoms with van der Waals surface area (Å²) >= 11 is 0. The normalized spacial score (nSPS) is 16.6. The van der Waals surface area contributed by atoms with E-state index in [0.29, 0.717) is 0 Å². The zero-order chi connectivity index (χ0) is 16.4. The molecule has 1 heterocycles. The van der Waals surface area contributed by atoms with Crippen molar-refractivity contribution in [1.82, 2.24) is 0 Å². The summed E-state index contributed by atoms with van der Waals surface area (Å²) in [5, 5.41) is 9.73. The number of aromatic hydroxyl groups is 1. The molecule has 3 rings (SSSR count). The Hall–Kier alpha value is -2.42. The molecule has 0 radical (unpaired) electrons. The molecule has 2 aromatic rings. The summed E-state index contributed by atoms with van der Waals surface area (Å²) in [5.41, 5.74) is 4.91. The van der Waals surface area contributed by atoms with Gasteiger partial charge in [0.25, 0.3) is 0 Å². The van der Waals surface area contributed by atoms with Gasteiger partial charge in [0.1, 0.15) is 17.6 Å². The minimum absolute atomic E-state index is 0.0903.